The number of aryl methyl sites for hydroxylation is 2. The van der Waals surface area contributed by atoms with Crippen LogP contribution in [0.4, 0.5) is 0 Å². The summed E-state index contributed by atoms with van der Waals surface area (Å²) in [7, 11) is 0. The number of aliphatic hydroxyl groups is 1. The highest BCUT2D eigenvalue weighted by Crippen LogP contribution is 2.48. The average Bonchev–Trinajstić information content (AvgIpc) is 3.13. The highest BCUT2D eigenvalue weighted by molar-refractivity contribution is 5.66. The largest absolute Gasteiger partial charge is 0.481 e. The lowest BCUT2D eigenvalue weighted by molar-refractivity contribution is -0.137. The van der Waals surface area contributed by atoms with Crippen molar-refractivity contribution >= 4 is 5.97 Å². The van der Waals surface area contributed by atoms with Gasteiger partial charge in [-0.05, 0) is 69.3 Å². The summed E-state index contributed by atoms with van der Waals surface area (Å²) in [6.45, 7) is 2.13. The number of hydrogen-bond acceptors (Lipinski definition) is 2. The Bertz CT molecular complexity index is 703. The van der Waals surface area contributed by atoms with Crippen molar-refractivity contribution in [1.29, 1.82) is 0 Å². The maximum Gasteiger partial charge on any atom is 0.303 e. The number of unbranched alkanes of at least 4 members (excludes halogenated alkanes) is 1. The lowest BCUT2D eigenvalue weighted by Gasteiger charge is -2.18. The molecule has 3 nitrogen and oxygen atoms in total. The molecule has 1 unspecified atom stereocenters. The summed E-state index contributed by atoms with van der Waals surface area (Å²) in [5.74, 6) is 0.595. The molecule has 0 amide bonds. The second-order valence-electron chi connectivity index (χ2n) is 8.29. The lowest BCUT2D eigenvalue weighted by Crippen LogP contribution is -2.17. The molecule has 0 heterocycles. The molecule has 0 spiro atoms. The fourth-order valence-corrected chi connectivity index (χ4v) is 4.79. The maximum absolute atomic E-state index is 10.6. The van der Waals surface area contributed by atoms with Crippen molar-refractivity contribution in [2.75, 3.05) is 0 Å². The number of carboxylic acids is 1. The van der Waals surface area contributed by atoms with Gasteiger partial charge in [0, 0.05) is 12.3 Å². The number of aliphatic carboxylic acids is 1. The first-order chi connectivity index (χ1) is 13.0. The van der Waals surface area contributed by atoms with Crippen LogP contribution in [0.15, 0.2) is 48.1 Å². The van der Waals surface area contributed by atoms with Crippen molar-refractivity contribution in [2.45, 2.75) is 64.4 Å². The van der Waals surface area contributed by atoms with Crippen LogP contribution >= 0.6 is 0 Å². The zero-order valence-corrected chi connectivity index (χ0v) is 16.3. The van der Waals surface area contributed by atoms with E-state index in [0.29, 0.717) is 11.8 Å². The standard InChI is InChI=1S/C24H32O3/c1-17-7-6-10-18(13-17)8-2-4-11-21-22-15-19(9-3-5-12-24(26)27)14-20(22)16-23(21)25/h4,6-7,10-11,13-14,20-23,25H,2-3,5,8-9,12,15-16H2,1H3,(H,26,27)/t20?,21-,22+,23-/m1/s1. The van der Waals surface area contributed by atoms with Crippen molar-refractivity contribution < 1.29 is 15.0 Å². The summed E-state index contributed by atoms with van der Waals surface area (Å²) in [5.41, 5.74) is 4.15. The van der Waals surface area contributed by atoms with Gasteiger partial charge < -0.3 is 10.2 Å². The summed E-state index contributed by atoms with van der Waals surface area (Å²) >= 11 is 0. The van der Waals surface area contributed by atoms with Gasteiger partial charge >= 0.3 is 5.97 Å². The van der Waals surface area contributed by atoms with Gasteiger partial charge in [-0.2, -0.15) is 0 Å². The van der Waals surface area contributed by atoms with Gasteiger partial charge in [-0.3, -0.25) is 4.79 Å². The molecule has 1 fully saturated rings. The molecular formula is C24H32O3. The number of fused-ring (bicyclic) bond motifs is 1. The molecule has 1 aromatic rings. The SMILES string of the molecule is Cc1cccc(CCC=C[C@H]2[C@H](O)CC3C=C(CCCCC(=O)O)C[C@@H]32)c1. The predicted molar refractivity (Wildman–Crippen MR) is 109 cm³/mol. The third-order valence-electron chi connectivity index (χ3n) is 6.13. The van der Waals surface area contributed by atoms with E-state index < -0.39 is 5.97 Å². The number of benzene rings is 1. The fourth-order valence-electron chi connectivity index (χ4n) is 4.79. The molecule has 3 heteroatoms. The van der Waals surface area contributed by atoms with E-state index in [1.54, 1.807) is 0 Å². The molecule has 0 saturated heterocycles. The first kappa shape index (κ1) is 19.9. The molecule has 146 valence electrons. The van der Waals surface area contributed by atoms with Crippen LogP contribution < -0.4 is 0 Å². The molecule has 2 N–H and O–H groups in total. The Labute approximate surface area is 162 Å². The molecule has 2 aliphatic carbocycles. The van der Waals surface area contributed by atoms with Crippen LogP contribution in [0.2, 0.25) is 0 Å². The molecule has 2 aliphatic rings. The van der Waals surface area contributed by atoms with Gasteiger partial charge in [0.1, 0.15) is 0 Å². The zero-order valence-electron chi connectivity index (χ0n) is 16.3. The topological polar surface area (TPSA) is 57.5 Å². The van der Waals surface area contributed by atoms with E-state index >= 15 is 0 Å². The van der Waals surface area contributed by atoms with Crippen LogP contribution in [-0.2, 0) is 11.2 Å². The quantitative estimate of drug-likeness (QED) is 0.472. The van der Waals surface area contributed by atoms with Gasteiger partial charge in [0.25, 0.3) is 0 Å². The first-order valence-electron chi connectivity index (χ1n) is 10.3. The van der Waals surface area contributed by atoms with Gasteiger partial charge in [0.05, 0.1) is 6.10 Å². The molecule has 1 aromatic carbocycles. The molecule has 0 aromatic heterocycles. The maximum atomic E-state index is 10.6. The van der Waals surface area contributed by atoms with E-state index in [4.69, 9.17) is 5.11 Å². The van der Waals surface area contributed by atoms with Crippen molar-refractivity contribution in [1.82, 2.24) is 0 Å². The molecule has 0 bridgehead atoms. The number of rotatable bonds is 9. The molecule has 27 heavy (non-hydrogen) atoms. The van der Waals surface area contributed by atoms with E-state index in [1.807, 2.05) is 0 Å². The van der Waals surface area contributed by atoms with E-state index in [-0.39, 0.29) is 18.4 Å². The third-order valence-corrected chi connectivity index (χ3v) is 6.13. The van der Waals surface area contributed by atoms with Gasteiger partial charge in [0.15, 0.2) is 0 Å². The second kappa shape index (κ2) is 9.36. The van der Waals surface area contributed by atoms with Crippen LogP contribution in [0.5, 0.6) is 0 Å². The minimum absolute atomic E-state index is 0.222. The highest BCUT2D eigenvalue weighted by atomic mass is 16.4. The minimum Gasteiger partial charge on any atom is -0.481 e. The second-order valence-corrected chi connectivity index (χ2v) is 8.29. The number of hydrogen-bond donors (Lipinski definition) is 2. The van der Waals surface area contributed by atoms with Crippen molar-refractivity contribution in [3.63, 3.8) is 0 Å². The summed E-state index contributed by atoms with van der Waals surface area (Å²) in [6, 6.07) is 8.66. The van der Waals surface area contributed by atoms with E-state index in [2.05, 4.69) is 49.4 Å². The van der Waals surface area contributed by atoms with E-state index in [0.717, 1.165) is 44.9 Å². The Morgan fingerprint density at radius 3 is 2.89 bits per heavy atom. The highest BCUT2D eigenvalue weighted by Gasteiger charge is 2.42. The summed E-state index contributed by atoms with van der Waals surface area (Å²) in [5, 5.41) is 19.2. The Hall–Kier alpha value is -1.87. The Balaban J connectivity index is 1.46. The van der Waals surface area contributed by atoms with Gasteiger partial charge in [-0.15, -0.1) is 0 Å². The third kappa shape index (κ3) is 5.55. The zero-order chi connectivity index (χ0) is 19.2. The molecule has 0 radical (unpaired) electrons. The van der Waals surface area contributed by atoms with Crippen LogP contribution in [-0.4, -0.2) is 22.3 Å². The monoisotopic (exact) mass is 368 g/mol. The van der Waals surface area contributed by atoms with E-state index in [1.165, 1.54) is 16.7 Å². The Morgan fingerprint density at radius 2 is 2.11 bits per heavy atom. The molecular weight excluding hydrogens is 336 g/mol. The summed E-state index contributed by atoms with van der Waals surface area (Å²) in [4.78, 5) is 10.6. The van der Waals surface area contributed by atoms with Crippen molar-refractivity contribution in [3.8, 4) is 0 Å². The van der Waals surface area contributed by atoms with Gasteiger partial charge in [0.2, 0.25) is 0 Å². The van der Waals surface area contributed by atoms with Crippen LogP contribution in [0.1, 0.15) is 56.1 Å². The van der Waals surface area contributed by atoms with Crippen molar-refractivity contribution in [3.05, 3.63) is 59.2 Å². The molecule has 3 rings (SSSR count). The van der Waals surface area contributed by atoms with Crippen LogP contribution in [0.25, 0.3) is 0 Å². The summed E-state index contributed by atoms with van der Waals surface area (Å²) < 4.78 is 0. The Kier molecular flexibility index (Phi) is 6.89. The molecule has 1 saturated carbocycles. The average molecular weight is 369 g/mol. The van der Waals surface area contributed by atoms with Gasteiger partial charge in [-0.1, -0.05) is 53.6 Å². The first-order valence-corrected chi connectivity index (χ1v) is 10.3. The van der Waals surface area contributed by atoms with Crippen LogP contribution in [0.3, 0.4) is 0 Å². The molecule has 4 atom stereocenters. The number of allylic oxidation sites excluding steroid dienone is 3. The number of aliphatic hydroxyl groups excluding tert-OH is 1. The smallest absolute Gasteiger partial charge is 0.303 e. The Morgan fingerprint density at radius 1 is 1.26 bits per heavy atom. The molecule has 0 aliphatic heterocycles. The predicted octanol–water partition coefficient (Wildman–Crippen LogP) is 5.07. The van der Waals surface area contributed by atoms with Gasteiger partial charge in [-0.25, -0.2) is 0 Å². The number of carboxylic acid groups (broad SMARTS) is 1. The van der Waals surface area contributed by atoms with Crippen molar-refractivity contribution in [2.24, 2.45) is 17.8 Å². The number of carbonyl (C=O) groups is 1. The fraction of sp³-hybridized carbons (Fsp3) is 0.542. The van der Waals surface area contributed by atoms with E-state index in [9.17, 15) is 9.90 Å². The lowest BCUT2D eigenvalue weighted by atomic mass is 9.88. The summed E-state index contributed by atoms with van der Waals surface area (Å²) in [6.07, 6.45) is 13.7. The normalized spacial score (nSPS) is 27.1. The minimum atomic E-state index is -0.703. The van der Waals surface area contributed by atoms with Crippen LogP contribution in [0, 0.1) is 24.7 Å².